The smallest absolute Gasteiger partial charge is 0.306 e. The molecule has 0 N–H and O–H groups in total. The molecular formula is C68H120O6. The van der Waals surface area contributed by atoms with Gasteiger partial charge in [-0.15, -0.1) is 0 Å². The van der Waals surface area contributed by atoms with Crippen molar-refractivity contribution in [2.75, 3.05) is 13.2 Å². The van der Waals surface area contributed by atoms with Gasteiger partial charge in [-0.3, -0.25) is 14.4 Å². The summed E-state index contributed by atoms with van der Waals surface area (Å²) in [6, 6.07) is 0. The number of carbonyl (C=O) groups is 3. The summed E-state index contributed by atoms with van der Waals surface area (Å²) in [6.45, 7) is 6.53. The van der Waals surface area contributed by atoms with E-state index in [1.165, 1.54) is 167 Å². The van der Waals surface area contributed by atoms with Crippen LogP contribution in [0.5, 0.6) is 0 Å². The van der Waals surface area contributed by atoms with Crippen LogP contribution in [0.3, 0.4) is 0 Å². The first-order valence-electron chi connectivity index (χ1n) is 31.9. The van der Waals surface area contributed by atoms with Crippen molar-refractivity contribution in [2.45, 2.75) is 329 Å². The summed E-state index contributed by atoms with van der Waals surface area (Å²) in [5.74, 6) is -0.898. The first kappa shape index (κ1) is 70.8. The Balaban J connectivity index is 4.38. The fourth-order valence-corrected chi connectivity index (χ4v) is 9.17. The highest BCUT2D eigenvalue weighted by Crippen LogP contribution is 2.17. The van der Waals surface area contributed by atoms with Gasteiger partial charge in [-0.2, -0.15) is 0 Å². The van der Waals surface area contributed by atoms with Crippen LogP contribution in [0, 0.1) is 0 Å². The molecule has 0 aromatic rings. The lowest BCUT2D eigenvalue weighted by Gasteiger charge is -2.18. The van der Waals surface area contributed by atoms with Crippen LogP contribution in [0.15, 0.2) is 72.9 Å². The lowest BCUT2D eigenvalue weighted by Crippen LogP contribution is -2.30. The molecule has 0 rings (SSSR count). The molecule has 0 aromatic heterocycles. The zero-order valence-corrected chi connectivity index (χ0v) is 49.1. The van der Waals surface area contributed by atoms with E-state index in [9.17, 15) is 14.4 Å². The van der Waals surface area contributed by atoms with Gasteiger partial charge in [-0.25, -0.2) is 0 Å². The van der Waals surface area contributed by atoms with E-state index in [1.54, 1.807) is 0 Å². The summed E-state index contributed by atoms with van der Waals surface area (Å²) in [6.07, 6.45) is 80.5. The van der Waals surface area contributed by atoms with Gasteiger partial charge in [-0.05, 0) is 89.9 Å². The van der Waals surface area contributed by atoms with E-state index in [0.717, 1.165) is 116 Å². The third kappa shape index (κ3) is 59.7. The lowest BCUT2D eigenvalue weighted by atomic mass is 10.0. The lowest BCUT2D eigenvalue weighted by molar-refractivity contribution is -0.167. The van der Waals surface area contributed by atoms with Gasteiger partial charge in [0, 0.05) is 19.3 Å². The second-order valence-electron chi connectivity index (χ2n) is 21.3. The summed E-state index contributed by atoms with van der Waals surface area (Å²) in [5, 5.41) is 0. The zero-order chi connectivity index (χ0) is 53.6. The van der Waals surface area contributed by atoms with Gasteiger partial charge < -0.3 is 14.2 Å². The molecule has 0 aliphatic carbocycles. The van der Waals surface area contributed by atoms with Crippen molar-refractivity contribution in [2.24, 2.45) is 0 Å². The first-order valence-corrected chi connectivity index (χ1v) is 31.9. The number of carbonyl (C=O) groups excluding carboxylic acids is 3. The van der Waals surface area contributed by atoms with Gasteiger partial charge in [0.2, 0.25) is 0 Å². The third-order valence-electron chi connectivity index (χ3n) is 13.9. The van der Waals surface area contributed by atoms with Gasteiger partial charge in [-0.1, -0.05) is 286 Å². The Bertz CT molecular complexity index is 1370. The minimum Gasteiger partial charge on any atom is -0.462 e. The molecule has 0 aromatic carbocycles. The molecule has 428 valence electrons. The van der Waals surface area contributed by atoms with Crippen LogP contribution in [-0.4, -0.2) is 37.2 Å². The van der Waals surface area contributed by atoms with Crippen molar-refractivity contribution in [1.82, 2.24) is 0 Å². The van der Waals surface area contributed by atoms with E-state index in [4.69, 9.17) is 14.2 Å². The van der Waals surface area contributed by atoms with E-state index < -0.39 is 6.10 Å². The molecule has 0 fully saturated rings. The second kappa shape index (κ2) is 62.4. The highest BCUT2D eigenvalue weighted by atomic mass is 16.6. The van der Waals surface area contributed by atoms with Crippen LogP contribution in [0.25, 0.3) is 0 Å². The number of hydrogen-bond donors (Lipinski definition) is 0. The summed E-state index contributed by atoms with van der Waals surface area (Å²) < 4.78 is 16.9. The van der Waals surface area contributed by atoms with Gasteiger partial charge in [0.15, 0.2) is 6.10 Å². The zero-order valence-electron chi connectivity index (χ0n) is 49.1. The number of hydrogen-bond acceptors (Lipinski definition) is 6. The molecule has 0 heterocycles. The molecule has 0 aliphatic rings. The van der Waals surface area contributed by atoms with Gasteiger partial charge >= 0.3 is 17.9 Å². The Morgan fingerprint density at radius 3 is 0.824 bits per heavy atom. The molecule has 0 radical (unpaired) electrons. The summed E-state index contributed by atoms with van der Waals surface area (Å²) in [7, 11) is 0. The third-order valence-corrected chi connectivity index (χ3v) is 13.9. The second-order valence-corrected chi connectivity index (χ2v) is 21.3. The average molecular weight is 1030 g/mol. The normalized spacial score (nSPS) is 12.5. The minimum atomic E-state index is -0.788. The van der Waals surface area contributed by atoms with Crippen LogP contribution < -0.4 is 0 Å². The van der Waals surface area contributed by atoms with Crippen molar-refractivity contribution >= 4 is 17.9 Å². The van der Waals surface area contributed by atoms with Gasteiger partial charge in [0.05, 0.1) is 0 Å². The maximum absolute atomic E-state index is 12.9. The largest absolute Gasteiger partial charge is 0.462 e. The Kier molecular flexibility index (Phi) is 59.7. The molecular weight excluding hydrogens is 913 g/mol. The number of rotatable bonds is 58. The maximum atomic E-state index is 12.9. The van der Waals surface area contributed by atoms with Crippen molar-refractivity contribution in [3.05, 3.63) is 72.9 Å². The van der Waals surface area contributed by atoms with Crippen LogP contribution in [0.1, 0.15) is 323 Å². The highest BCUT2D eigenvalue weighted by Gasteiger charge is 2.19. The fraction of sp³-hybridized carbons (Fsp3) is 0.779. The van der Waals surface area contributed by atoms with E-state index >= 15 is 0 Å². The molecule has 0 spiro atoms. The van der Waals surface area contributed by atoms with Crippen molar-refractivity contribution in [1.29, 1.82) is 0 Å². The molecule has 0 bridgehead atoms. The van der Waals surface area contributed by atoms with Crippen LogP contribution in [0.2, 0.25) is 0 Å². The van der Waals surface area contributed by atoms with Crippen molar-refractivity contribution < 1.29 is 28.6 Å². The molecule has 6 heteroatoms. The van der Waals surface area contributed by atoms with Crippen molar-refractivity contribution in [3.63, 3.8) is 0 Å². The van der Waals surface area contributed by atoms with Gasteiger partial charge in [0.1, 0.15) is 13.2 Å². The molecule has 74 heavy (non-hydrogen) atoms. The van der Waals surface area contributed by atoms with E-state index in [0.29, 0.717) is 19.3 Å². The van der Waals surface area contributed by atoms with Crippen LogP contribution >= 0.6 is 0 Å². The van der Waals surface area contributed by atoms with Crippen LogP contribution in [-0.2, 0) is 28.6 Å². The predicted molar refractivity (Wildman–Crippen MR) is 321 cm³/mol. The van der Waals surface area contributed by atoms with Gasteiger partial charge in [0.25, 0.3) is 0 Å². The first-order chi connectivity index (χ1) is 36.5. The quantitative estimate of drug-likeness (QED) is 0.0261. The standard InChI is InChI=1S/C68H120O6/c1-4-7-10-13-16-19-22-25-28-30-32-34-36-37-40-43-46-49-52-55-58-61-67(70)73-64-65(63-72-66(69)60-57-54-51-48-45-42-39-27-24-21-18-15-12-9-6-3)74-68(71)62-59-56-53-50-47-44-41-38-35-33-31-29-26-23-20-17-14-11-8-5-2/h9,12,18,21-22,25,27,30,32,36-37,39,65H,4-8,10-11,13-17,19-20,23-24,26,28-29,31,33-35,38,40-64H2,1-3H3/b12-9-,21-18-,25-22-,32-30-,37-36-,39-27-. The number of ether oxygens (including phenoxy) is 3. The molecule has 6 nitrogen and oxygen atoms in total. The predicted octanol–water partition coefficient (Wildman–Crippen LogP) is 21.7. The SMILES string of the molecule is CC/C=C\C/C=C\C/C=C\CCCCCCCC(=O)OCC(COC(=O)CCCCCCCC/C=C\C/C=C\C/C=C\CCCCCCC)OC(=O)CCCCCCCCCCCCCCCCCCCCCC. The summed E-state index contributed by atoms with van der Waals surface area (Å²) in [4.78, 5) is 38.3. The molecule has 1 atom stereocenters. The molecule has 0 amide bonds. The topological polar surface area (TPSA) is 78.9 Å². The Morgan fingerprint density at radius 1 is 0.284 bits per heavy atom. The minimum absolute atomic E-state index is 0.0856. The Morgan fingerprint density at radius 2 is 0.527 bits per heavy atom. The molecule has 0 aliphatic heterocycles. The molecule has 0 saturated heterocycles. The Hall–Kier alpha value is -3.15. The number of esters is 3. The summed E-state index contributed by atoms with van der Waals surface area (Å²) in [5.41, 5.74) is 0. The summed E-state index contributed by atoms with van der Waals surface area (Å²) >= 11 is 0. The number of unbranched alkanes of at least 4 members (excludes halogenated alkanes) is 35. The average Bonchev–Trinajstić information content (AvgIpc) is 3.40. The van der Waals surface area contributed by atoms with Crippen molar-refractivity contribution in [3.8, 4) is 0 Å². The van der Waals surface area contributed by atoms with E-state index in [2.05, 4.69) is 93.7 Å². The maximum Gasteiger partial charge on any atom is 0.306 e. The van der Waals surface area contributed by atoms with E-state index in [-0.39, 0.29) is 31.1 Å². The van der Waals surface area contributed by atoms with Crippen LogP contribution in [0.4, 0.5) is 0 Å². The molecule has 0 saturated carbocycles. The monoisotopic (exact) mass is 1030 g/mol. The Labute approximate surface area is 459 Å². The highest BCUT2D eigenvalue weighted by molar-refractivity contribution is 5.71. The van der Waals surface area contributed by atoms with E-state index in [1.807, 2.05) is 0 Å². The fourth-order valence-electron chi connectivity index (χ4n) is 9.17. The number of allylic oxidation sites excluding steroid dienone is 12. The molecule has 1 unspecified atom stereocenters.